The lowest BCUT2D eigenvalue weighted by atomic mass is 9.87. The molecule has 0 bridgehead atoms. The molecule has 19 heavy (non-hydrogen) atoms. The third-order valence-electron chi connectivity index (χ3n) is 5.09. The summed E-state index contributed by atoms with van der Waals surface area (Å²) in [5.41, 5.74) is 0.151. The zero-order chi connectivity index (χ0) is 13.6. The van der Waals surface area contributed by atoms with Crippen LogP contribution in [0.1, 0.15) is 78.1 Å². The van der Waals surface area contributed by atoms with Gasteiger partial charge in [-0.3, -0.25) is 0 Å². The van der Waals surface area contributed by atoms with Gasteiger partial charge in [0, 0.05) is 6.54 Å². The van der Waals surface area contributed by atoms with Crippen LogP contribution >= 0.6 is 0 Å². The van der Waals surface area contributed by atoms with Crippen molar-refractivity contribution in [1.29, 1.82) is 0 Å². The minimum Gasteiger partial charge on any atom is -0.370 e. The van der Waals surface area contributed by atoms with Crippen LogP contribution in [-0.4, -0.2) is 24.8 Å². The molecule has 1 N–H and O–H groups in total. The second-order valence-electron chi connectivity index (χ2n) is 6.88. The van der Waals surface area contributed by atoms with Crippen LogP contribution in [0.15, 0.2) is 0 Å². The van der Waals surface area contributed by atoms with E-state index in [0.717, 1.165) is 19.0 Å². The van der Waals surface area contributed by atoms with Gasteiger partial charge < -0.3 is 10.1 Å². The highest BCUT2D eigenvalue weighted by atomic mass is 16.5. The molecule has 0 amide bonds. The van der Waals surface area contributed by atoms with Crippen molar-refractivity contribution in [3.63, 3.8) is 0 Å². The smallest absolute Gasteiger partial charge is 0.0810 e. The molecule has 2 aliphatic rings. The van der Waals surface area contributed by atoms with Crippen LogP contribution in [0.5, 0.6) is 0 Å². The topological polar surface area (TPSA) is 21.3 Å². The van der Waals surface area contributed by atoms with E-state index in [1.807, 2.05) is 0 Å². The Morgan fingerprint density at radius 2 is 1.63 bits per heavy atom. The molecule has 2 rings (SSSR count). The first kappa shape index (κ1) is 15.3. The maximum absolute atomic E-state index is 6.69. The molecule has 0 radical (unpaired) electrons. The molecule has 0 saturated heterocycles. The van der Waals surface area contributed by atoms with Gasteiger partial charge in [-0.1, -0.05) is 39.5 Å². The first-order valence-electron chi connectivity index (χ1n) is 8.63. The number of hydrogen-bond donors (Lipinski definition) is 1. The number of hydrogen-bond acceptors (Lipinski definition) is 2. The maximum Gasteiger partial charge on any atom is 0.0810 e. The number of ether oxygens (including phenoxy) is 1. The summed E-state index contributed by atoms with van der Waals surface area (Å²) in [7, 11) is 0. The van der Waals surface area contributed by atoms with E-state index < -0.39 is 0 Å². The van der Waals surface area contributed by atoms with Gasteiger partial charge in [-0.25, -0.2) is 0 Å². The molecule has 0 aromatic heterocycles. The van der Waals surface area contributed by atoms with Gasteiger partial charge in [-0.05, 0) is 51.0 Å². The summed E-state index contributed by atoms with van der Waals surface area (Å²) in [5, 5.41) is 3.56. The molecule has 0 heterocycles. The van der Waals surface area contributed by atoms with E-state index in [4.69, 9.17) is 4.74 Å². The first-order valence-corrected chi connectivity index (χ1v) is 8.63. The van der Waals surface area contributed by atoms with Crippen molar-refractivity contribution in [2.24, 2.45) is 5.92 Å². The third kappa shape index (κ3) is 4.75. The average molecular weight is 267 g/mol. The fraction of sp³-hybridized carbons (Fsp3) is 1.00. The molecule has 2 nitrogen and oxygen atoms in total. The molecule has 2 fully saturated rings. The Morgan fingerprint density at radius 3 is 2.21 bits per heavy atom. The lowest BCUT2D eigenvalue weighted by Crippen LogP contribution is -2.46. The van der Waals surface area contributed by atoms with E-state index >= 15 is 0 Å². The predicted octanol–water partition coefficient (Wildman–Crippen LogP) is 4.28. The molecule has 0 unspecified atom stereocenters. The number of likely N-dealkylation sites (N-methyl/N-ethyl adjacent to an activating group) is 1. The van der Waals surface area contributed by atoms with Crippen molar-refractivity contribution < 1.29 is 4.74 Å². The van der Waals surface area contributed by atoms with Gasteiger partial charge in [-0.2, -0.15) is 0 Å². The fourth-order valence-corrected chi connectivity index (χ4v) is 3.76. The van der Waals surface area contributed by atoms with Gasteiger partial charge in [0.1, 0.15) is 0 Å². The summed E-state index contributed by atoms with van der Waals surface area (Å²) >= 11 is 0. The van der Waals surface area contributed by atoms with Gasteiger partial charge in [-0.15, -0.1) is 0 Å². The lowest BCUT2D eigenvalue weighted by Gasteiger charge is -2.39. The Morgan fingerprint density at radius 1 is 1.00 bits per heavy atom. The minimum atomic E-state index is 0.151. The largest absolute Gasteiger partial charge is 0.370 e. The Hall–Kier alpha value is -0.0800. The highest BCUT2D eigenvalue weighted by Crippen LogP contribution is 2.35. The Kier molecular flexibility index (Phi) is 6.15. The Bertz CT molecular complexity index is 238. The van der Waals surface area contributed by atoms with Crippen LogP contribution in [-0.2, 0) is 4.74 Å². The fourth-order valence-electron chi connectivity index (χ4n) is 3.76. The van der Waals surface area contributed by atoms with E-state index in [0.29, 0.717) is 6.10 Å². The van der Waals surface area contributed by atoms with Crippen molar-refractivity contribution >= 4 is 0 Å². The summed E-state index contributed by atoms with van der Waals surface area (Å²) in [6.45, 7) is 6.71. The zero-order valence-corrected chi connectivity index (χ0v) is 13.0. The summed E-state index contributed by atoms with van der Waals surface area (Å²) in [5.74, 6) is 0.915. The SMILES string of the molecule is CCNCC1(OC2CCC(C)CC2)CCCCCC1. The Balaban J connectivity index is 1.92. The molecule has 0 aromatic rings. The molecule has 0 atom stereocenters. The quantitative estimate of drug-likeness (QED) is 0.751. The average Bonchev–Trinajstić information content (AvgIpc) is 2.65. The Labute approximate surface area is 119 Å². The van der Waals surface area contributed by atoms with Crippen LogP contribution in [0.2, 0.25) is 0 Å². The maximum atomic E-state index is 6.69. The van der Waals surface area contributed by atoms with Gasteiger partial charge in [0.25, 0.3) is 0 Å². The van der Waals surface area contributed by atoms with Crippen molar-refractivity contribution in [1.82, 2.24) is 5.32 Å². The minimum absolute atomic E-state index is 0.151. The van der Waals surface area contributed by atoms with E-state index in [1.54, 1.807) is 0 Å². The molecular weight excluding hydrogens is 234 g/mol. The second-order valence-corrected chi connectivity index (χ2v) is 6.88. The standard InChI is InChI=1S/C17H33NO/c1-3-18-14-17(12-6-4-5-7-13-17)19-16-10-8-15(2)9-11-16/h15-16,18H,3-14H2,1-2H3. The highest BCUT2D eigenvalue weighted by Gasteiger charge is 2.35. The molecule has 0 aliphatic heterocycles. The monoisotopic (exact) mass is 267 g/mol. The van der Waals surface area contributed by atoms with Crippen LogP contribution in [0, 0.1) is 5.92 Å². The predicted molar refractivity (Wildman–Crippen MR) is 81.5 cm³/mol. The summed E-state index contributed by atoms with van der Waals surface area (Å²) in [6, 6.07) is 0. The highest BCUT2D eigenvalue weighted by molar-refractivity contribution is 4.87. The first-order chi connectivity index (χ1) is 9.24. The summed E-state index contributed by atoms with van der Waals surface area (Å²) in [4.78, 5) is 0. The normalized spacial score (nSPS) is 31.9. The molecule has 0 aromatic carbocycles. The zero-order valence-electron chi connectivity index (χ0n) is 13.0. The van der Waals surface area contributed by atoms with Crippen LogP contribution < -0.4 is 5.32 Å². The molecule has 2 aliphatic carbocycles. The molecule has 2 heteroatoms. The van der Waals surface area contributed by atoms with Crippen molar-refractivity contribution in [2.75, 3.05) is 13.1 Å². The van der Waals surface area contributed by atoms with Crippen LogP contribution in [0.4, 0.5) is 0 Å². The van der Waals surface area contributed by atoms with Crippen molar-refractivity contribution in [3.8, 4) is 0 Å². The van der Waals surface area contributed by atoms with Crippen molar-refractivity contribution in [2.45, 2.75) is 89.8 Å². The van der Waals surface area contributed by atoms with E-state index in [9.17, 15) is 0 Å². The lowest BCUT2D eigenvalue weighted by molar-refractivity contribution is -0.115. The molecular formula is C17H33NO. The van der Waals surface area contributed by atoms with Gasteiger partial charge in [0.05, 0.1) is 11.7 Å². The van der Waals surface area contributed by atoms with E-state index in [1.165, 1.54) is 64.2 Å². The van der Waals surface area contributed by atoms with Gasteiger partial charge >= 0.3 is 0 Å². The molecule has 112 valence electrons. The van der Waals surface area contributed by atoms with Gasteiger partial charge in [0.2, 0.25) is 0 Å². The summed E-state index contributed by atoms with van der Waals surface area (Å²) < 4.78 is 6.69. The molecule has 2 saturated carbocycles. The van der Waals surface area contributed by atoms with E-state index in [-0.39, 0.29) is 5.60 Å². The van der Waals surface area contributed by atoms with Crippen LogP contribution in [0.25, 0.3) is 0 Å². The summed E-state index contributed by atoms with van der Waals surface area (Å²) in [6.07, 6.45) is 13.9. The second kappa shape index (κ2) is 7.64. The molecule has 0 spiro atoms. The van der Waals surface area contributed by atoms with Gasteiger partial charge in [0.15, 0.2) is 0 Å². The third-order valence-corrected chi connectivity index (χ3v) is 5.09. The van der Waals surface area contributed by atoms with E-state index in [2.05, 4.69) is 19.2 Å². The van der Waals surface area contributed by atoms with Crippen molar-refractivity contribution in [3.05, 3.63) is 0 Å². The van der Waals surface area contributed by atoms with Crippen LogP contribution in [0.3, 0.4) is 0 Å². The number of nitrogens with one attached hydrogen (secondary N) is 1. The number of rotatable bonds is 5.